The highest BCUT2D eigenvalue weighted by atomic mass is 79.9. The Bertz CT molecular complexity index is 969. The van der Waals surface area contributed by atoms with E-state index < -0.39 is 10.0 Å². The molecule has 158 valence electrons. The molecular weight excluding hydrogens is 480 g/mol. The highest BCUT2D eigenvalue weighted by Crippen LogP contribution is 2.31. The second-order valence-corrected chi connectivity index (χ2v) is 11.3. The molecule has 2 aromatic rings. The monoisotopic (exact) mass is 502 g/mol. The van der Waals surface area contributed by atoms with Gasteiger partial charge in [-0.3, -0.25) is 4.79 Å². The molecule has 3 rings (SSSR count). The molecule has 0 unspecified atom stereocenters. The van der Waals surface area contributed by atoms with Gasteiger partial charge in [-0.15, -0.1) is 11.3 Å². The third-order valence-corrected chi connectivity index (χ3v) is 8.87. The predicted octanol–water partition coefficient (Wildman–Crippen LogP) is 3.24. The molecule has 0 atom stereocenters. The average molecular weight is 503 g/mol. The van der Waals surface area contributed by atoms with E-state index in [0.29, 0.717) is 48.2 Å². The van der Waals surface area contributed by atoms with Gasteiger partial charge in [0, 0.05) is 25.6 Å². The van der Waals surface area contributed by atoms with Gasteiger partial charge in [0.15, 0.2) is 11.5 Å². The number of piperidine rings is 1. The molecule has 7 nitrogen and oxygen atoms in total. The lowest BCUT2D eigenvalue weighted by Gasteiger charge is -2.30. The Kier molecular flexibility index (Phi) is 7.20. The van der Waals surface area contributed by atoms with Gasteiger partial charge in [-0.2, -0.15) is 4.31 Å². The number of methoxy groups -OCH3 is 2. The predicted molar refractivity (Wildman–Crippen MR) is 115 cm³/mol. The van der Waals surface area contributed by atoms with Crippen molar-refractivity contribution in [3.63, 3.8) is 0 Å². The lowest BCUT2D eigenvalue weighted by atomic mass is 9.97. The Labute approximate surface area is 183 Å². The fourth-order valence-corrected chi connectivity index (χ4v) is 6.88. The first kappa shape index (κ1) is 22.1. The number of hydrogen-bond acceptors (Lipinski definition) is 6. The van der Waals surface area contributed by atoms with Crippen LogP contribution in [0.15, 0.2) is 38.3 Å². The van der Waals surface area contributed by atoms with Crippen molar-refractivity contribution >= 4 is 43.2 Å². The first-order valence-electron chi connectivity index (χ1n) is 9.09. The zero-order valence-electron chi connectivity index (χ0n) is 16.2. The van der Waals surface area contributed by atoms with Crippen LogP contribution >= 0.6 is 27.3 Å². The van der Waals surface area contributed by atoms with Crippen molar-refractivity contribution in [2.45, 2.75) is 23.6 Å². The number of carbonyl (C=O) groups excluding carboxylic acids is 1. The van der Waals surface area contributed by atoms with Crippen LogP contribution in [0, 0.1) is 5.92 Å². The number of carbonyl (C=O) groups is 1. The average Bonchev–Trinajstić information content (AvgIpc) is 3.19. The van der Waals surface area contributed by atoms with Crippen molar-refractivity contribution in [1.29, 1.82) is 0 Å². The molecule has 1 aliphatic rings. The second kappa shape index (κ2) is 9.46. The first-order valence-corrected chi connectivity index (χ1v) is 12.1. The van der Waals surface area contributed by atoms with Crippen LogP contribution in [0.5, 0.6) is 11.5 Å². The summed E-state index contributed by atoms with van der Waals surface area (Å²) < 4.78 is 38.4. The molecule has 0 spiro atoms. The summed E-state index contributed by atoms with van der Waals surface area (Å²) in [5.41, 5.74) is 0.902. The minimum Gasteiger partial charge on any atom is -0.493 e. The number of benzene rings is 1. The SMILES string of the molecule is COc1ccc(CNC(=O)C2CCN(S(=O)(=O)c3ccc(Br)s3)CC2)cc1OC. The number of nitrogens with one attached hydrogen (secondary N) is 1. The molecule has 29 heavy (non-hydrogen) atoms. The molecule has 1 saturated heterocycles. The number of sulfonamides is 1. The number of hydrogen-bond donors (Lipinski definition) is 1. The maximum Gasteiger partial charge on any atom is 0.252 e. The molecule has 0 aliphatic carbocycles. The van der Waals surface area contributed by atoms with E-state index in [1.807, 2.05) is 12.1 Å². The van der Waals surface area contributed by atoms with Crippen molar-refractivity contribution in [2.75, 3.05) is 27.3 Å². The van der Waals surface area contributed by atoms with Crippen LogP contribution in [0.4, 0.5) is 0 Å². The van der Waals surface area contributed by atoms with Gasteiger partial charge in [-0.1, -0.05) is 6.07 Å². The zero-order valence-corrected chi connectivity index (χ0v) is 19.4. The standard InChI is InChI=1S/C19H23BrN2O5S2/c1-26-15-4-3-13(11-16(15)27-2)12-21-19(23)14-7-9-22(10-8-14)29(24,25)18-6-5-17(20)28-18/h3-6,11,14H,7-10,12H2,1-2H3,(H,21,23). The molecule has 1 aromatic carbocycles. The number of rotatable bonds is 7. The van der Waals surface area contributed by atoms with Crippen LogP contribution in [-0.4, -0.2) is 45.9 Å². The smallest absolute Gasteiger partial charge is 0.252 e. The molecule has 1 aliphatic heterocycles. The van der Waals surface area contributed by atoms with Crippen LogP contribution < -0.4 is 14.8 Å². The Morgan fingerprint density at radius 3 is 2.45 bits per heavy atom. The summed E-state index contributed by atoms with van der Waals surface area (Å²) in [6, 6.07) is 8.83. The first-order chi connectivity index (χ1) is 13.8. The fraction of sp³-hybridized carbons (Fsp3) is 0.421. The van der Waals surface area contributed by atoms with E-state index >= 15 is 0 Å². The highest BCUT2D eigenvalue weighted by molar-refractivity contribution is 9.11. The molecule has 0 bridgehead atoms. The van der Waals surface area contributed by atoms with Gasteiger partial charge in [0.05, 0.1) is 18.0 Å². The minimum atomic E-state index is -3.50. The van der Waals surface area contributed by atoms with E-state index in [2.05, 4.69) is 21.2 Å². The highest BCUT2D eigenvalue weighted by Gasteiger charge is 2.32. The van der Waals surface area contributed by atoms with E-state index in [1.54, 1.807) is 32.4 Å². The van der Waals surface area contributed by atoms with E-state index in [1.165, 1.54) is 15.6 Å². The third-order valence-electron chi connectivity index (χ3n) is 4.88. The molecule has 2 heterocycles. The van der Waals surface area contributed by atoms with Gasteiger partial charge in [-0.25, -0.2) is 8.42 Å². The maximum atomic E-state index is 12.7. The summed E-state index contributed by atoms with van der Waals surface area (Å²) in [6.45, 7) is 1.06. The van der Waals surface area contributed by atoms with Crippen LogP contribution in [0.25, 0.3) is 0 Å². The van der Waals surface area contributed by atoms with Crippen LogP contribution in [0.3, 0.4) is 0 Å². The van der Waals surface area contributed by atoms with Crippen molar-refractivity contribution in [1.82, 2.24) is 9.62 Å². The topological polar surface area (TPSA) is 84.9 Å². The molecule has 1 fully saturated rings. The molecule has 1 N–H and O–H groups in total. The van der Waals surface area contributed by atoms with E-state index in [9.17, 15) is 13.2 Å². The Morgan fingerprint density at radius 2 is 1.86 bits per heavy atom. The minimum absolute atomic E-state index is 0.0595. The lowest BCUT2D eigenvalue weighted by Crippen LogP contribution is -2.42. The summed E-state index contributed by atoms with van der Waals surface area (Å²) in [7, 11) is -0.357. The summed E-state index contributed by atoms with van der Waals surface area (Å²) in [6.07, 6.45) is 1.01. The number of amides is 1. The molecular formula is C19H23BrN2O5S2. The van der Waals surface area contributed by atoms with Gasteiger partial charge in [0.1, 0.15) is 4.21 Å². The number of thiophene rings is 1. The van der Waals surface area contributed by atoms with Crippen molar-refractivity contribution in [3.8, 4) is 11.5 Å². The van der Waals surface area contributed by atoms with Crippen molar-refractivity contribution in [3.05, 3.63) is 39.7 Å². The van der Waals surface area contributed by atoms with Gasteiger partial charge in [-0.05, 0) is 58.6 Å². The van der Waals surface area contributed by atoms with E-state index in [4.69, 9.17) is 9.47 Å². The molecule has 1 amide bonds. The maximum absolute atomic E-state index is 12.7. The molecule has 0 radical (unpaired) electrons. The quantitative estimate of drug-likeness (QED) is 0.627. The van der Waals surface area contributed by atoms with Crippen molar-refractivity contribution < 1.29 is 22.7 Å². The van der Waals surface area contributed by atoms with Crippen molar-refractivity contribution in [2.24, 2.45) is 5.92 Å². The summed E-state index contributed by atoms with van der Waals surface area (Å²) in [5, 5.41) is 2.94. The lowest BCUT2D eigenvalue weighted by molar-refractivity contribution is -0.126. The fourth-order valence-electron chi connectivity index (χ4n) is 3.25. The molecule has 0 saturated carbocycles. The van der Waals surface area contributed by atoms with Crippen LogP contribution in [0.2, 0.25) is 0 Å². The summed E-state index contributed by atoms with van der Waals surface area (Å²) in [4.78, 5) is 12.5. The molecule has 1 aromatic heterocycles. The second-order valence-electron chi connectivity index (χ2n) is 6.64. The van der Waals surface area contributed by atoms with Gasteiger partial charge < -0.3 is 14.8 Å². The Morgan fingerprint density at radius 1 is 1.17 bits per heavy atom. The van der Waals surface area contributed by atoms with Gasteiger partial charge in [0.2, 0.25) is 5.91 Å². The molecule has 10 heteroatoms. The Hall–Kier alpha value is -1.62. The number of nitrogens with zero attached hydrogens (tertiary/aromatic N) is 1. The zero-order chi connectivity index (χ0) is 21.0. The largest absolute Gasteiger partial charge is 0.493 e. The van der Waals surface area contributed by atoms with Gasteiger partial charge in [0.25, 0.3) is 10.0 Å². The third kappa shape index (κ3) is 5.11. The Balaban J connectivity index is 1.54. The van der Waals surface area contributed by atoms with Crippen LogP contribution in [-0.2, 0) is 21.4 Å². The van der Waals surface area contributed by atoms with Gasteiger partial charge >= 0.3 is 0 Å². The van der Waals surface area contributed by atoms with Crippen LogP contribution in [0.1, 0.15) is 18.4 Å². The number of halogens is 1. The summed E-state index contributed by atoms with van der Waals surface area (Å²) >= 11 is 4.49. The summed E-state index contributed by atoms with van der Waals surface area (Å²) in [5.74, 6) is 0.985. The van der Waals surface area contributed by atoms with E-state index in [-0.39, 0.29) is 11.8 Å². The normalized spacial score (nSPS) is 15.8. The number of ether oxygens (including phenoxy) is 2. The van der Waals surface area contributed by atoms with E-state index in [0.717, 1.165) is 9.35 Å².